The lowest BCUT2D eigenvalue weighted by Crippen LogP contribution is -2.33. The Morgan fingerprint density at radius 3 is 2.75 bits per heavy atom. The SMILES string of the molecule is Cc1ccc(Cn2nc(C)c(CCC(=O)NCCC3CCCNC3)c2C)cc1. The van der Waals surface area contributed by atoms with E-state index >= 15 is 0 Å². The number of aryl methyl sites for hydroxylation is 2. The van der Waals surface area contributed by atoms with E-state index in [0.29, 0.717) is 12.3 Å². The molecule has 1 unspecified atom stereocenters. The Labute approximate surface area is 168 Å². The number of aromatic nitrogens is 2. The van der Waals surface area contributed by atoms with Gasteiger partial charge in [0.1, 0.15) is 0 Å². The van der Waals surface area contributed by atoms with Gasteiger partial charge in [0, 0.05) is 18.7 Å². The number of hydrogen-bond acceptors (Lipinski definition) is 3. The normalized spacial score (nSPS) is 16.9. The molecule has 152 valence electrons. The summed E-state index contributed by atoms with van der Waals surface area (Å²) in [4.78, 5) is 12.3. The fraction of sp³-hybridized carbons (Fsp3) is 0.565. The highest BCUT2D eigenvalue weighted by molar-refractivity contribution is 5.76. The van der Waals surface area contributed by atoms with E-state index < -0.39 is 0 Å². The zero-order chi connectivity index (χ0) is 19.9. The Morgan fingerprint density at radius 1 is 1.25 bits per heavy atom. The maximum Gasteiger partial charge on any atom is 0.220 e. The van der Waals surface area contributed by atoms with Crippen LogP contribution in [0.25, 0.3) is 0 Å². The molecule has 0 saturated carbocycles. The molecule has 1 aromatic heterocycles. The molecule has 28 heavy (non-hydrogen) atoms. The van der Waals surface area contributed by atoms with Crippen LogP contribution in [0.4, 0.5) is 0 Å². The van der Waals surface area contributed by atoms with Crippen LogP contribution in [0.2, 0.25) is 0 Å². The van der Waals surface area contributed by atoms with Crippen molar-refractivity contribution in [2.45, 2.75) is 59.4 Å². The minimum absolute atomic E-state index is 0.147. The summed E-state index contributed by atoms with van der Waals surface area (Å²) in [6, 6.07) is 8.58. The third-order valence-corrected chi connectivity index (χ3v) is 5.86. The number of amides is 1. The van der Waals surface area contributed by atoms with Crippen LogP contribution in [0.1, 0.15) is 53.8 Å². The molecule has 0 spiro atoms. The minimum Gasteiger partial charge on any atom is -0.356 e. The van der Waals surface area contributed by atoms with Crippen molar-refractivity contribution in [3.63, 3.8) is 0 Å². The van der Waals surface area contributed by atoms with Gasteiger partial charge in [-0.25, -0.2) is 0 Å². The van der Waals surface area contributed by atoms with Crippen molar-refractivity contribution in [2.24, 2.45) is 5.92 Å². The number of carbonyl (C=O) groups excluding carboxylic acids is 1. The zero-order valence-electron chi connectivity index (χ0n) is 17.6. The third kappa shape index (κ3) is 5.68. The van der Waals surface area contributed by atoms with Gasteiger partial charge in [-0.3, -0.25) is 9.48 Å². The van der Waals surface area contributed by atoms with Gasteiger partial charge in [-0.15, -0.1) is 0 Å². The van der Waals surface area contributed by atoms with Gasteiger partial charge in [-0.1, -0.05) is 29.8 Å². The lowest BCUT2D eigenvalue weighted by molar-refractivity contribution is -0.121. The van der Waals surface area contributed by atoms with Crippen molar-refractivity contribution in [1.29, 1.82) is 0 Å². The molecule has 0 radical (unpaired) electrons. The highest BCUT2D eigenvalue weighted by atomic mass is 16.1. The lowest BCUT2D eigenvalue weighted by Gasteiger charge is -2.22. The molecule has 2 N–H and O–H groups in total. The van der Waals surface area contributed by atoms with E-state index in [2.05, 4.69) is 53.4 Å². The smallest absolute Gasteiger partial charge is 0.220 e. The molecule has 1 atom stereocenters. The molecule has 1 aliphatic heterocycles. The van der Waals surface area contributed by atoms with Crippen LogP contribution in [0.5, 0.6) is 0 Å². The number of carbonyl (C=O) groups is 1. The monoisotopic (exact) mass is 382 g/mol. The van der Waals surface area contributed by atoms with E-state index in [1.807, 2.05) is 6.92 Å². The van der Waals surface area contributed by atoms with Gasteiger partial charge in [-0.2, -0.15) is 5.10 Å². The van der Waals surface area contributed by atoms with Gasteiger partial charge in [0.25, 0.3) is 0 Å². The first kappa shape index (κ1) is 20.6. The number of benzene rings is 1. The van der Waals surface area contributed by atoms with Crippen molar-refractivity contribution in [3.05, 3.63) is 52.3 Å². The Kier molecular flexibility index (Phi) is 7.26. The fourth-order valence-corrected chi connectivity index (χ4v) is 4.03. The summed E-state index contributed by atoms with van der Waals surface area (Å²) in [5, 5.41) is 11.2. The maximum atomic E-state index is 12.3. The van der Waals surface area contributed by atoms with Crippen molar-refractivity contribution in [1.82, 2.24) is 20.4 Å². The van der Waals surface area contributed by atoms with Crippen LogP contribution in [0.15, 0.2) is 24.3 Å². The van der Waals surface area contributed by atoms with Gasteiger partial charge in [0.05, 0.1) is 12.2 Å². The molecule has 1 fully saturated rings. The maximum absolute atomic E-state index is 12.3. The predicted molar refractivity (Wildman–Crippen MR) is 114 cm³/mol. The first-order valence-electron chi connectivity index (χ1n) is 10.6. The van der Waals surface area contributed by atoms with Gasteiger partial charge in [-0.05, 0) is 76.6 Å². The standard InChI is InChI=1S/C23H34N4O/c1-17-6-8-21(9-7-17)16-27-19(3)22(18(2)26-27)10-11-23(28)25-14-12-20-5-4-13-24-15-20/h6-9,20,24H,4-5,10-16H2,1-3H3,(H,25,28). The fourth-order valence-electron chi connectivity index (χ4n) is 4.03. The predicted octanol–water partition coefficient (Wildman–Crippen LogP) is 3.30. The highest BCUT2D eigenvalue weighted by Gasteiger charge is 2.15. The van der Waals surface area contributed by atoms with Crippen LogP contribution >= 0.6 is 0 Å². The Morgan fingerprint density at radius 2 is 2.04 bits per heavy atom. The van der Waals surface area contributed by atoms with E-state index in [1.54, 1.807) is 0 Å². The van der Waals surface area contributed by atoms with Crippen LogP contribution in [-0.2, 0) is 17.8 Å². The summed E-state index contributed by atoms with van der Waals surface area (Å²) >= 11 is 0. The molecule has 2 heterocycles. The van der Waals surface area contributed by atoms with Crippen LogP contribution in [0, 0.1) is 26.7 Å². The Balaban J connectivity index is 1.47. The summed E-state index contributed by atoms with van der Waals surface area (Å²) in [5.41, 5.74) is 5.92. The number of hydrogen-bond donors (Lipinski definition) is 2. The molecule has 3 rings (SSSR count). The van der Waals surface area contributed by atoms with Crippen LogP contribution in [0.3, 0.4) is 0 Å². The van der Waals surface area contributed by atoms with Crippen molar-refractivity contribution >= 4 is 5.91 Å². The quantitative estimate of drug-likeness (QED) is 0.736. The molecule has 1 saturated heterocycles. The zero-order valence-corrected chi connectivity index (χ0v) is 17.6. The van der Waals surface area contributed by atoms with E-state index in [4.69, 9.17) is 5.10 Å². The number of rotatable bonds is 8. The Hall–Kier alpha value is -2.14. The summed E-state index contributed by atoms with van der Waals surface area (Å²) < 4.78 is 2.06. The van der Waals surface area contributed by atoms with Gasteiger partial charge >= 0.3 is 0 Å². The van der Waals surface area contributed by atoms with E-state index in [1.165, 1.54) is 35.2 Å². The summed E-state index contributed by atoms with van der Waals surface area (Å²) in [6.45, 7) is 10.0. The summed E-state index contributed by atoms with van der Waals surface area (Å²) in [5.74, 6) is 0.854. The second-order valence-corrected chi connectivity index (χ2v) is 8.14. The largest absolute Gasteiger partial charge is 0.356 e. The molecule has 2 aromatic rings. The molecule has 1 aliphatic rings. The molecule has 0 bridgehead atoms. The van der Waals surface area contributed by atoms with E-state index in [-0.39, 0.29) is 5.91 Å². The minimum atomic E-state index is 0.147. The van der Waals surface area contributed by atoms with E-state index in [9.17, 15) is 4.79 Å². The second-order valence-electron chi connectivity index (χ2n) is 8.14. The summed E-state index contributed by atoms with van der Waals surface area (Å²) in [6.07, 6.45) is 4.89. The number of nitrogens with zero attached hydrogens (tertiary/aromatic N) is 2. The first-order chi connectivity index (χ1) is 13.5. The van der Waals surface area contributed by atoms with Gasteiger partial charge in [0.15, 0.2) is 0 Å². The second kappa shape index (κ2) is 9.87. The molecular formula is C23H34N4O. The molecule has 1 aromatic carbocycles. The van der Waals surface area contributed by atoms with Gasteiger partial charge in [0.2, 0.25) is 5.91 Å². The number of nitrogens with one attached hydrogen (secondary N) is 2. The van der Waals surface area contributed by atoms with E-state index in [0.717, 1.165) is 44.7 Å². The average molecular weight is 383 g/mol. The lowest BCUT2D eigenvalue weighted by atomic mass is 9.96. The molecule has 5 heteroatoms. The Bertz CT molecular complexity index is 773. The van der Waals surface area contributed by atoms with Crippen molar-refractivity contribution < 1.29 is 4.79 Å². The summed E-state index contributed by atoms with van der Waals surface area (Å²) in [7, 11) is 0. The van der Waals surface area contributed by atoms with Crippen molar-refractivity contribution in [3.8, 4) is 0 Å². The first-order valence-corrected chi connectivity index (χ1v) is 10.6. The third-order valence-electron chi connectivity index (χ3n) is 5.86. The molecular weight excluding hydrogens is 348 g/mol. The average Bonchev–Trinajstić information content (AvgIpc) is 2.96. The van der Waals surface area contributed by atoms with Gasteiger partial charge < -0.3 is 10.6 Å². The topological polar surface area (TPSA) is 59.0 Å². The van der Waals surface area contributed by atoms with Crippen LogP contribution in [-0.4, -0.2) is 35.3 Å². The molecule has 1 amide bonds. The van der Waals surface area contributed by atoms with Crippen molar-refractivity contribution in [2.75, 3.05) is 19.6 Å². The number of piperidine rings is 1. The van der Waals surface area contributed by atoms with Crippen LogP contribution < -0.4 is 10.6 Å². The highest BCUT2D eigenvalue weighted by Crippen LogP contribution is 2.17. The molecule has 0 aliphatic carbocycles. The molecule has 5 nitrogen and oxygen atoms in total.